The molecule has 0 atom stereocenters. The molecule has 0 aliphatic heterocycles. The summed E-state index contributed by atoms with van der Waals surface area (Å²) in [4.78, 5) is 40.9. The third kappa shape index (κ3) is 6.74. The second-order valence-corrected chi connectivity index (χ2v) is 6.85. The summed E-state index contributed by atoms with van der Waals surface area (Å²) in [7, 11) is 0. The van der Waals surface area contributed by atoms with Crippen molar-refractivity contribution in [3.05, 3.63) is 76.9 Å². The zero-order valence-corrected chi connectivity index (χ0v) is 17.8. The van der Waals surface area contributed by atoms with Crippen LogP contribution >= 0.6 is 0 Å². The summed E-state index contributed by atoms with van der Waals surface area (Å²) in [5.41, 5.74) is 4.19. The number of hydrogen-bond donors (Lipinski definition) is 2. The number of nitrogens with zero attached hydrogens (tertiary/aromatic N) is 6. The van der Waals surface area contributed by atoms with Gasteiger partial charge in [0.15, 0.2) is 0 Å². The highest BCUT2D eigenvalue weighted by molar-refractivity contribution is 5.90. The van der Waals surface area contributed by atoms with Gasteiger partial charge >= 0.3 is 11.4 Å². The standard InChI is InChI=1S/C18H18N8O8/c1-11(19-21-15-7-5-13(23(27)28)9-17(15)25(31)32)3-4-12(2)20-22-16-8-6-14(24(29)30)10-18(16)26(33)34/h5-10,21-22H,3-4H2,1-2H3/b19-11+,20-12+. The van der Waals surface area contributed by atoms with E-state index in [9.17, 15) is 40.5 Å². The summed E-state index contributed by atoms with van der Waals surface area (Å²) >= 11 is 0. The summed E-state index contributed by atoms with van der Waals surface area (Å²) in [5.74, 6) is 0. The van der Waals surface area contributed by atoms with E-state index in [1.807, 2.05) is 0 Å². The van der Waals surface area contributed by atoms with E-state index < -0.39 is 42.4 Å². The average molecular weight is 474 g/mol. The normalized spacial score (nSPS) is 11.6. The molecule has 0 heterocycles. The van der Waals surface area contributed by atoms with Gasteiger partial charge < -0.3 is 0 Å². The first-order valence-electron chi connectivity index (χ1n) is 9.43. The molecule has 0 spiro atoms. The van der Waals surface area contributed by atoms with Crippen molar-refractivity contribution in [3.63, 3.8) is 0 Å². The van der Waals surface area contributed by atoms with Gasteiger partial charge in [-0.25, -0.2) is 0 Å². The van der Waals surface area contributed by atoms with Crippen LogP contribution in [0.25, 0.3) is 0 Å². The fraction of sp³-hybridized carbons (Fsp3) is 0.222. The molecule has 2 rings (SSSR count). The Balaban J connectivity index is 2.03. The lowest BCUT2D eigenvalue weighted by molar-refractivity contribution is -0.393. The number of hydrazone groups is 2. The molecular weight excluding hydrogens is 456 g/mol. The Hall–Kier alpha value is -5.02. The van der Waals surface area contributed by atoms with Crippen LogP contribution in [0.3, 0.4) is 0 Å². The van der Waals surface area contributed by atoms with Crippen molar-refractivity contribution in [2.45, 2.75) is 26.7 Å². The SMILES string of the molecule is C/C(CC/C(C)=N/Nc1ccc([N+](=O)[O-])cc1[N+](=O)[O-])=N\Nc1ccc([N+](=O)[O-])cc1[N+](=O)[O-]. The molecule has 16 heteroatoms. The molecule has 0 amide bonds. The van der Waals surface area contributed by atoms with Crippen molar-refractivity contribution in [1.29, 1.82) is 0 Å². The topological polar surface area (TPSA) is 221 Å². The van der Waals surface area contributed by atoms with Crippen molar-refractivity contribution in [2.75, 3.05) is 10.9 Å². The molecule has 178 valence electrons. The number of nitrogens with one attached hydrogen (secondary N) is 2. The molecular formula is C18H18N8O8. The summed E-state index contributed by atoms with van der Waals surface area (Å²) in [6.07, 6.45) is 0.736. The third-order valence-electron chi connectivity index (χ3n) is 4.36. The van der Waals surface area contributed by atoms with E-state index in [0.29, 0.717) is 24.3 Å². The number of hydrogen-bond acceptors (Lipinski definition) is 12. The van der Waals surface area contributed by atoms with Crippen LogP contribution in [0, 0.1) is 40.5 Å². The molecule has 2 N–H and O–H groups in total. The Kier molecular flexibility index (Phi) is 8.19. The minimum Gasteiger partial charge on any atom is -0.272 e. The number of nitro groups is 4. The molecule has 0 radical (unpaired) electrons. The maximum absolute atomic E-state index is 11.2. The molecule has 0 saturated carbocycles. The third-order valence-corrected chi connectivity index (χ3v) is 4.36. The molecule has 0 aliphatic carbocycles. The van der Waals surface area contributed by atoms with Crippen molar-refractivity contribution in [2.24, 2.45) is 10.2 Å². The fourth-order valence-electron chi connectivity index (χ4n) is 2.54. The van der Waals surface area contributed by atoms with Gasteiger partial charge in [0.05, 0.1) is 31.8 Å². The van der Waals surface area contributed by atoms with Gasteiger partial charge in [0, 0.05) is 23.6 Å². The molecule has 0 unspecified atom stereocenters. The van der Waals surface area contributed by atoms with E-state index in [0.717, 1.165) is 24.3 Å². The van der Waals surface area contributed by atoms with Crippen LogP contribution in [0.2, 0.25) is 0 Å². The first-order valence-corrected chi connectivity index (χ1v) is 9.43. The van der Waals surface area contributed by atoms with E-state index in [1.54, 1.807) is 13.8 Å². The molecule has 2 aromatic carbocycles. The second-order valence-electron chi connectivity index (χ2n) is 6.85. The van der Waals surface area contributed by atoms with Gasteiger partial charge in [-0.1, -0.05) is 0 Å². The van der Waals surface area contributed by atoms with E-state index in [1.165, 1.54) is 12.1 Å². The number of benzene rings is 2. The van der Waals surface area contributed by atoms with Gasteiger partial charge in [0.2, 0.25) is 0 Å². The van der Waals surface area contributed by atoms with Crippen molar-refractivity contribution in [3.8, 4) is 0 Å². The van der Waals surface area contributed by atoms with Gasteiger partial charge in [0.1, 0.15) is 11.4 Å². The Labute approximate surface area is 190 Å². The molecule has 2 aromatic rings. The highest BCUT2D eigenvalue weighted by Crippen LogP contribution is 2.30. The van der Waals surface area contributed by atoms with Gasteiger partial charge in [-0.3, -0.25) is 51.3 Å². The lowest BCUT2D eigenvalue weighted by Crippen LogP contribution is -2.05. The first kappa shape index (κ1) is 25.2. The van der Waals surface area contributed by atoms with Crippen LogP contribution in [0.5, 0.6) is 0 Å². The monoisotopic (exact) mass is 474 g/mol. The lowest BCUT2D eigenvalue weighted by Gasteiger charge is -2.06. The Bertz CT molecular complexity index is 1120. The smallest absolute Gasteiger partial charge is 0.272 e. The summed E-state index contributed by atoms with van der Waals surface area (Å²) in [6, 6.07) is 6.24. The largest absolute Gasteiger partial charge is 0.301 e. The fourth-order valence-corrected chi connectivity index (χ4v) is 2.54. The number of rotatable bonds is 11. The molecule has 16 nitrogen and oxygen atoms in total. The van der Waals surface area contributed by atoms with Gasteiger partial charge in [-0.05, 0) is 38.8 Å². The quantitative estimate of drug-likeness (QED) is 0.265. The Morgan fingerprint density at radius 3 is 1.32 bits per heavy atom. The number of non-ortho nitro benzene ring substituents is 2. The van der Waals surface area contributed by atoms with Crippen LogP contribution in [-0.2, 0) is 0 Å². The predicted octanol–water partition coefficient (Wildman–Crippen LogP) is 4.38. The second kappa shape index (κ2) is 11.0. The zero-order chi connectivity index (χ0) is 25.4. The highest BCUT2D eigenvalue weighted by atomic mass is 16.6. The number of nitro benzene ring substituents is 4. The van der Waals surface area contributed by atoms with Crippen molar-refractivity contribution in [1.82, 2.24) is 0 Å². The van der Waals surface area contributed by atoms with Crippen LogP contribution in [0.1, 0.15) is 26.7 Å². The summed E-state index contributed by atoms with van der Waals surface area (Å²) in [6.45, 7) is 3.29. The van der Waals surface area contributed by atoms with Crippen LogP contribution < -0.4 is 10.9 Å². The molecule has 0 saturated heterocycles. The molecule has 0 aliphatic rings. The maximum atomic E-state index is 11.2. The van der Waals surface area contributed by atoms with E-state index in [2.05, 4.69) is 21.1 Å². The molecule has 34 heavy (non-hydrogen) atoms. The minimum atomic E-state index is -0.764. The van der Waals surface area contributed by atoms with E-state index >= 15 is 0 Å². The van der Waals surface area contributed by atoms with Crippen LogP contribution in [-0.4, -0.2) is 31.1 Å². The van der Waals surface area contributed by atoms with Crippen molar-refractivity contribution >= 4 is 45.5 Å². The minimum absolute atomic E-state index is 0.0208. The van der Waals surface area contributed by atoms with Crippen molar-refractivity contribution < 1.29 is 19.7 Å². The molecule has 0 aromatic heterocycles. The van der Waals surface area contributed by atoms with E-state index in [4.69, 9.17) is 0 Å². The van der Waals surface area contributed by atoms with E-state index in [-0.39, 0.29) is 11.4 Å². The highest BCUT2D eigenvalue weighted by Gasteiger charge is 2.20. The van der Waals surface area contributed by atoms with Crippen LogP contribution in [0.15, 0.2) is 46.6 Å². The Morgan fingerprint density at radius 2 is 1.03 bits per heavy atom. The lowest BCUT2D eigenvalue weighted by atomic mass is 10.2. The first-order chi connectivity index (χ1) is 16.0. The maximum Gasteiger partial charge on any atom is 0.301 e. The van der Waals surface area contributed by atoms with Crippen LogP contribution in [0.4, 0.5) is 34.1 Å². The number of anilines is 2. The predicted molar refractivity (Wildman–Crippen MR) is 122 cm³/mol. The summed E-state index contributed by atoms with van der Waals surface area (Å²) in [5, 5.41) is 52.0. The zero-order valence-electron chi connectivity index (χ0n) is 17.8. The van der Waals surface area contributed by atoms with Gasteiger partial charge in [0.25, 0.3) is 11.4 Å². The molecule has 0 bridgehead atoms. The van der Waals surface area contributed by atoms with Gasteiger partial charge in [-0.2, -0.15) is 10.2 Å². The summed E-state index contributed by atoms with van der Waals surface area (Å²) < 4.78 is 0. The molecule has 0 fully saturated rings. The van der Waals surface area contributed by atoms with Gasteiger partial charge in [-0.15, -0.1) is 0 Å². The average Bonchev–Trinajstić information content (AvgIpc) is 2.79. The Morgan fingerprint density at radius 1 is 0.676 bits per heavy atom.